The van der Waals surface area contributed by atoms with Gasteiger partial charge in [-0.1, -0.05) is 46.3 Å². The topological polar surface area (TPSA) is 49.7 Å². The van der Waals surface area contributed by atoms with E-state index in [0.29, 0.717) is 17.9 Å². The molecule has 0 heterocycles. The van der Waals surface area contributed by atoms with Crippen molar-refractivity contribution in [3.05, 3.63) is 11.6 Å². The first-order valence-electron chi connectivity index (χ1n) is 14.8. The van der Waals surface area contributed by atoms with Crippen LogP contribution in [0, 0.1) is 45.3 Å². The Morgan fingerprint density at radius 3 is 2.26 bits per heavy atom. The van der Waals surface area contributed by atoms with Gasteiger partial charge in [-0.25, -0.2) is 0 Å². The summed E-state index contributed by atoms with van der Waals surface area (Å²) in [6.45, 7) is 21.8. The quantitative estimate of drug-likeness (QED) is 0.380. The molecule has 3 nitrogen and oxygen atoms in total. The second-order valence-corrected chi connectivity index (χ2v) is 14.9. The Kier molecular flexibility index (Phi) is 7.21. The van der Waals surface area contributed by atoms with E-state index >= 15 is 0 Å². The van der Waals surface area contributed by atoms with E-state index in [0.717, 1.165) is 45.1 Å². The van der Waals surface area contributed by atoms with E-state index in [1.807, 2.05) is 0 Å². The first-order chi connectivity index (χ1) is 16.1. The third kappa shape index (κ3) is 4.09. The molecular formula is C32H56O3. The molecule has 4 fully saturated rings. The van der Waals surface area contributed by atoms with Crippen molar-refractivity contribution in [1.29, 1.82) is 0 Å². The van der Waals surface area contributed by atoms with Crippen LogP contribution in [0.1, 0.15) is 120 Å². The van der Waals surface area contributed by atoms with Crippen LogP contribution in [0.4, 0.5) is 0 Å². The molecule has 4 aliphatic rings. The second-order valence-electron chi connectivity index (χ2n) is 14.9. The molecule has 0 radical (unpaired) electrons. The van der Waals surface area contributed by atoms with Crippen LogP contribution in [-0.4, -0.2) is 34.6 Å². The monoisotopic (exact) mass is 488 g/mol. The Morgan fingerprint density at radius 2 is 1.63 bits per heavy atom. The number of ether oxygens (including phenoxy) is 1. The lowest BCUT2D eigenvalue weighted by molar-refractivity contribution is -0.250. The second kappa shape index (κ2) is 9.12. The fraction of sp³-hybridized carbons (Fsp3) is 0.938. The van der Waals surface area contributed by atoms with Crippen molar-refractivity contribution in [2.45, 2.75) is 138 Å². The zero-order valence-electron chi connectivity index (χ0n) is 24.4. The van der Waals surface area contributed by atoms with Crippen LogP contribution in [0.5, 0.6) is 0 Å². The minimum Gasteiger partial charge on any atom is -0.393 e. The third-order valence-electron chi connectivity index (χ3n) is 12.7. The maximum atomic E-state index is 11.9. The molecule has 10 atom stereocenters. The average molecular weight is 489 g/mol. The first kappa shape index (κ1) is 27.6. The SMILES string of the molecule is CCOC1CC[C@@]2(C)C(CC[C@]3(C)C2C[C@@H](O)C2C(C(C)(O)CCC=C(C)C)CC[C@]23C)C1(C)C. The van der Waals surface area contributed by atoms with Crippen molar-refractivity contribution < 1.29 is 14.9 Å². The van der Waals surface area contributed by atoms with E-state index in [1.54, 1.807) is 0 Å². The van der Waals surface area contributed by atoms with Crippen molar-refractivity contribution >= 4 is 0 Å². The maximum absolute atomic E-state index is 11.9. The van der Waals surface area contributed by atoms with Gasteiger partial charge in [0, 0.05) is 6.61 Å². The van der Waals surface area contributed by atoms with Crippen LogP contribution in [-0.2, 0) is 4.74 Å². The summed E-state index contributed by atoms with van der Waals surface area (Å²) in [7, 11) is 0. The minimum atomic E-state index is -0.725. The molecule has 6 unspecified atom stereocenters. The van der Waals surface area contributed by atoms with Gasteiger partial charge in [-0.3, -0.25) is 0 Å². The van der Waals surface area contributed by atoms with Gasteiger partial charge >= 0.3 is 0 Å². The normalized spacial score (nSPS) is 48.3. The fourth-order valence-electron chi connectivity index (χ4n) is 10.8. The number of aliphatic hydroxyl groups is 2. The number of hydrogen-bond acceptors (Lipinski definition) is 3. The van der Waals surface area contributed by atoms with Gasteiger partial charge in [0.15, 0.2) is 0 Å². The molecule has 35 heavy (non-hydrogen) atoms. The molecule has 0 aliphatic heterocycles. The number of fused-ring (bicyclic) bond motifs is 5. The van der Waals surface area contributed by atoms with Crippen LogP contribution >= 0.6 is 0 Å². The molecule has 3 heteroatoms. The fourth-order valence-corrected chi connectivity index (χ4v) is 10.8. The van der Waals surface area contributed by atoms with Gasteiger partial charge < -0.3 is 14.9 Å². The van der Waals surface area contributed by atoms with Crippen LogP contribution in [0.2, 0.25) is 0 Å². The standard InChI is InChI=1S/C32H56O3/c1-10-35-26-15-17-29(6)24(28(26,4)5)14-19-30(7)25(29)20-23(33)27-22(13-18-31(27,30)8)32(9,34)16-11-12-21(2)3/h12,22-27,33-34H,10-11,13-20H2,1-9H3/t22?,23-,24?,25?,26?,27?,29+,30-,31-,32?/m1/s1. The Morgan fingerprint density at radius 1 is 0.971 bits per heavy atom. The molecule has 0 spiro atoms. The Balaban J connectivity index is 1.64. The third-order valence-corrected chi connectivity index (χ3v) is 12.7. The molecule has 0 bridgehead atoms. The van der Waals surface area contributed by atoms with E-state index in [4.69, 9.17) is 4.74 Å². The molecule has 0 aromatic rings. The van der Waals surface area contributed by atoms with Gasteiger partial charge in [-0.15, -0.1) is 0 Å². The van der Waals surface area contributed by atoms with Gasteiger partial charge in [0.25, 0.3) is 0 Å². The lowest BCUT2D eigenvalue weighted by Gasteiger charge is -2.70. The highest BCUT2D eigenvalue weighted by molar-refractivity contribution is 5.20. The molecule has 4 saturated carbocycles. The lowest BCUT2D eigenvalue weighted by atomic mass is 9.35. The summed E-state index contributed by atoms with van der Waals surface area (Å²) in [5.41, 5.74) is 1.29. The Bertz CT molecular complexity index is 810. The summed E-state index contributed by atoms with van der Waals surface area (Å²) in [5, 5.41) is 23.6. The first-order valence-corrected chi connectivity index (χ1v) is 14.8. The molecule has 2 N–H and O–H groups in total. The summed E-state index contributed by atoms with van der Waals surface area (Å²) < 4.78 is 6.28. The van der Waals surface area contributed by atoms with Gasteiger partial charge in [-0.2, -0.15) is 0 Å². The Hall–Kier alpha value is -0.380. The molecule has 0 aromatic heterocycles. The van der Waals surface area contributed by atoms with E-state index in [9.17, 15) is 10.2 Å². The van der Waals surface area contributed by atoms with Crippen LogP contribution in [0.25, 0.3) is 0 Å². The van der Waals surface area contributed by atoms with Gasteiger partial charge in [-0.05, 0) is 131 Å². The largest absolute Gasteiger partial charge is 0.393 e. The Labute approximate surface area is 216 Å². The van der Waals surface area contributed by atoms with Crippen molar-refractivity contribution in [3.63, 3.8) is 0 Å². The number of allylic oxidation sites excluding steroid dienone is 2. The minimum absolute atomic E-state index is 0.0788. The smallest absolute Gasteiger partial charge is 0.0654 e. The number of hydrogen-bond donors (Lipinski definition) is 2. The number of aliphatic hydroxyl groups excluding tert-OH is 1. The van der Waals surface area contributed by atoms with E-state index in [-0.39, 0.29) is 39.6 Å². The van der Waals surface area contributed by atoms with Crippen LogP contribution in [0.3, 0.4) is 0 Å². The maximum Gasteiger partial charge on any atom is 0.0654 e. The molecule has 202 valence electrons. The summed E-state index contributed by atoms with van der Waals surface area (Å²) >= 11 is 0. The molecular weight excluding hydrogens is 432 g/mol. The lowest BCUT2D eigenvalue weighted by Crippen LogP contribution is -2.66. The summed E-state index contributed by atoms with van der Waals surface area (Å²) in [5.74, 6) is 1.54. The molecule has 0 amide bonds. The van der Waals surface area contributed by atoms with Crippen molar-refractivity contribution in [3.8, 4) is 0 Å². The summed E-state index contributed by atoms with van der Waals surface area (Å²) in [6.07, 6.45) is 11.9. The highest BCUT2D eigenvalue weighted by Gasteiger charge is 2.71. The predicted octanol–water partition coefficient (Wildman–Crippen LogP) is 7.54. The highest BCUT2D eigenvalue weighted by Crippen LogP contribution is 2.75. The van der Waals surface area contributed by atoms with E-state index in [1.165, 1.54) is 24.8 Å². The van der Waals surface area contributed by atoms with Gasteiger partial charge in [0.1, 0.15) is 0 Å². The zero-order chi connectivity index (χ0) is 26.0. The average Bonchev–Trinajstić information content (AvgIpc) is 3.12. The summed E-state index contributed by atoms with van der Waals surface area (Å²) in [6, 6.07) is 0. The van der Waals surface area contributed by atoms with Crippen LogP contribution in [0.15, 0.2) is 11.6 Å². The summed E-state index contributed by atoms with van der Waals surface area (Å²) in [4.78, 5) is 0. The predicted molar refractivity (Wildman–Crippen MR) is 145 cm³/mol. The molecule has 4 rings (SSSR count). The number of rotatable bonds is 6. The van der Waals surface area contributed by atoms with E-state index < -0.39 is 5.60 Å². The zero-order valence-corrected chi connectivity index (χ0v) is 24.4. The van der Waals surface area contributed by atoms with E-state index in [2.05, 4.69) is 68.4 Å². The molecule has 0 saturated heterocycles. The van der Waals surface area contributed by atoms with Gasteiger partial charge in [0.2, 0.25) is 0 Å². The van der Waals surface area contributed by atoms with Crippen LogP contribution < -0.4 is 0 Å². The van der Waals surface area contributed by atoms with Crippen molar-refractivity contribution in [1.82, 2.24) is 0 Å². The van der Waals surface area contributed by atoms with Crippen molar-refractivity contribution in [2.75, 3.05) is 6.61 Å². The van der Waals surface area contributed by atoms with Gasteiger partial charge in [0.05, 0.1) is 17.8 Å². The highest BCUT2D eigenvalue weighted by atomic mass is 16.5. The van der Waals surface area contributed by atoms with Crippen molar-refractivity contribution in [2.24, 2.45) is 45.3 Å². The molecule has 0 aromatic carbocycles. The molecule has 4 aliphatic carbocycles.